The van der Waals surface area contributed by atoms with Gasteiger partial charge in [-0.2, -0.15) is 5.26 Å². The van der Waals surface area contributed by atoms with Crippen LogP contribution in [0.15, 0.2) is 18.3 Å². The van der Waals surface area contributed by atoms with Crippen molar-refractivity contribution in [1.29, 1.82) is 5.26 Å². The van der Waals surface area contributed by atoms with E-state index in [-0.39, 0.29) is 0 Å². The van der Waals surface area contributed by atoms with E-state index in [4.69, 9.17) is 5.26 Å². The first-order chi connectivity index (χ1) is 8.24. The van der Waals surface area contributed by atoms with Crippen molar-refractivity contribution in [2.75, 3.05) is 31.6 Å². The van der Waals surface area contributed by atoms with Crippen LogP contribution in [0, 0.1) is 11.3 Å². The number of nitriles is 1. The Morgan fingerprint density at radius 1 is 1.53 bits per heavy atom. The first-order valence-corrected chi connectivity index (χ1v) is 6.06. The molecule has 4 nitrogen and oxygen atoms in total. The van der Waals surface area contributed by atoms with E-state index >= 15 is 0 Å². The molecule has 1 aliphatic heterocycles. The number of likely N-dealkylation sites (N-methyl/N-ethyl adjacent to an activating group) is 1. The summed E-state index contributed by atoms with van der Waals surface area (Å²) < 4.78 is 0. The molecule has 4 heteroatoms. The average Bonchev–Trinajstić information content (AvgIpc) is 2.39. The van der Waals surface area contributed by atoms with Crippen LogP contribution in [0.1, 0.15) is 19.0 Å². The molecule has 1 saturated heterocycles. The molecule has 0 aliphatic carbocycles. The lowest BCUT2D eigenvalue weighted by molar-refractivity contribution is 0.213. The molecule has 2 rings (SSSR count). The predicted molar refractivity (Wildman–Crippen MR) is 67.9 cm³/mol. The molecule has 2 heterocycles. The van der Waals surface area contributed by atoms with Gasteiger partial charge in [-0.05, 0) is 25.6 Å². The molecule has 1 atom stereocenters. The van der Waals surface area contributed by atoms with Crippen molar-refractivity contribution >= 4 is 5.69 Å². The molecule has 0 spiro atoms. The summed E-state index contributed by atoms with van der Waals surface area (Å²) in [6.07, 6.45) is 2.87. The fourth-order valence-corrected chi connectivity index (χ4v) is 2.30. The molecule has 0 bridgehead atoms. The van der Waals surface area contributed by atoms with Crippen LogP contribution in [-0.4, -0.2) is 42.6 Å². The van der Waals surface area contributed by atoms with E-state index in [1.54, 1.807) is 6.20 Å². The maximum atomic E-state index is 8.86. The largest absolute Gasteiger partial charge is 0.369 e. The lowest BCUT2D eigenvalue weighted by Crippen LogP contribution is -2.51. The summed E-state index contributed by atoms with van der Waals surface area (Å²) >= 11 is 0. The van der Waals surface area contributed by atoms with Crippen LogP contribution < -0.4 is 4.90 Å². The van der Waals surface area contributed by atoms with Crippen molar-refractivity contribution in [2.45, 2.75) is 19.4 Å². The lowest BCUT2D eigenvalue weighted by Gasteiger charge is -2.40. The number of hydrogen-bond acceptors (Lipinski definition) is 4. The Labute approximate surface area is 102 Å². The van der Waals surface area contributed by atoms with Gasteiger partial charge in [-0.15, -0.1) is 0 Å². The Morgan fingerprint density at radius 3 is 3.06 bits per heavy atom. The van der Waals surface area contributed by atoms with Crippen LogP contribution in [0.4, 0.5) is 5.69 Å². The fraction of sp³-hybridized carbons (Fsp3) is 0.538. The highest BCUT2D eigenvalue weighted by molar-refractivity contribution is 5.49. The predicted octanol–water partition coefficient (Wildman–Crippen LogP) is 1.48. The van der Waals surface area contributed by atoms with Crippen LogP contribution in [0.25, 0.3) is 0 Å². The van der Waals surface area contributed by atoms with Gasteiger partial charge in [0.25, 0.3) is 0 Å². The molecule has 1 unspecified atom stereocenters. The van der Waals surface area contributed by atoms with E-state index < -0.39 is 0 Å². The van der Waals surface area contributed by atoms with Crippen molar-refractivity contribution in [2.24, 2.45) is 0 Å². The molecule has 0 amide bonds. The van der Waals surface area contributed by atoms with Crippen molar-refractivity contribution in [3.63, 3.8) is 0 Å². The number of anilines is 1. The summed E-state index contributed by atoms with van der Waals surface area (Å²) in [5.41, 5.74) is 1.61. The van der Waals surface area contributed by atoms with Gasteiger partial charge in [0.2, 0.25) is 0 Å². The molecule has 1 fully saturated rings. The molecule has 0 N–H and O–H groups in total. The van der Waals surface area contributed by atoms with Gasteiger partial charge in [-0.1, -0.05) is 6.92 Å². The molecule has 0 aromatic carbocycles. The van der Waals surface area contributed by atoms with Gasteiger partial charge < -0.3 is 4.90 Å². The summed E-state index contributed by atoms with van der Waals surface area (Å²) in [7, 11) is 2.18. The molecule has 1 aliphatic rings. The molecule has 90 valence electrons. The topological polar surface area (TPSA) is 43.2 Å². The van der Waals surface area contributed by atoms with Gasteiger partial charge in [0, 0.05) is 37.6 Å². The third-order valence-electron chi connectivity index (χ3n) is 3.47. The average molecular weight is 230 g/mol. The molecule has 17 heavy (non-hydrogen) atoms. The summed E-state index contributed by atoms with van der Waals surface area (Å²) in [5, 5.41) is 8.86. The SMILES string of the molecule is CCC1CN(c2ccnc(C#N)c2)CCN1C. The van der Waals surface area contributed by atoms with Crippen molar-refractivity contribution in [1.82, 2.24) is 9.88 Å². The van der Waals surface area contributed by atoms with E-state index in [1.165, 1.54) is 0 Å². The van der Waals surface area contributed by atoms with E-state index in [0.717, 1.165) is 31.7 Å². The minimum Gasteiger partial charge on any atom is -0.369 e. The standard InChI is InChI=1S/C13H18N4/c1-3-12-10-17(7-6-16(12)2)13-4-5-15-11(8-13)9-14/h4-5,8,12H,3,6-7,10H2,1-2H3. The smallest absolute Gasteiger partial charge is 0.142 e. The minimum atomic E-state index is 0.495. The van der Waals surface area contributed by atoms with Crippen LogP contribution in [0.5, 0.6) is 0 Å². The maximum Gasteiger partial charge on any atom is 0.142 e. The van der Waals surface area contributed by atoms with Crippen LogP contribution in [0.3, 0.4) is 0 Å². The Kier molecular flexibility index (Phi) is 3.60. The van der Waals surface area contributed by atoms with Crippen LogP contribution in [0.2, 0.25) is 0 Å². The summed E-state index contributed by atoms with van der Waals surface area (Å²) in [6, 6.07) is 6.55. The number of nitrogens with zero attached hydrogens (tertiary/aromatic N) is 4. The van der Waals surface area contributed by atoms with Crippen molar-refractivity contribution in [3.05, 3.63) is 24.0 Å². The number of pyridine rings is 1. The molecular formula is C13H18N4. The van der Waals surface area contributed by atoms with Gasteiger partial charge in [-0.25, -0.2) is 4.98 Å². The highest BCUT2D eigenvalue weighted by atomic mass is 15.3. The first kappa shape index (κ1) is 11.9. The van der Waals surface area contributed by atoms with E-state index in [9.17, 15) is 0 Å². The molecular weight excluding hydrogens is 212 g/mol. The Morgan fingerprint density at radius 2 is 2.35 bits per heavy atom. The Balaban J connectivity index is 2.15. The highest BCUT2D eigenvalue weighted by Crippen LogP contribution is 2.19. The van der Waals surface area contributed by atoms with Gasteiger partial charge in [0.15, 0.2) is 0 Å². The summed E-state index contributed by atoms with van der Waals surface area (Å²) in [6.45, 7) is 5.34. The molecule has 0 radical (unpaired) electrons. The molecule has 1 aromatic heterocycles. The summed E-state index contributed by atoms with van der Waals surface area (Å²) in [4.78, 5) is 8.76. The van der Waals surface area contributed by atoms with Gasteiger partial charge in [0.1, 0.15) is 11.8 Å². The monoisotopic (exact) mass is 230 g/mol. The fourth-order valence-electron chi connectivity index (χ4n) is 2.30. The van der Waals surface area contributed by atoms with E-state index in [1.807, 2.05) is 12.1 Å². The first-order valence-electron chi connectivity index (χ1n) is 6.06. The van der Waals surface area contributed by atoms with Crippen molar-refractivity contribution < 1.29 is 0 Å². The second-order valence-electron chi connectivity index (χ2n) is 4.50. The van der Waals surface area contributed by atoms with Gasteiger partial charge in [0.05, 0.1) is 0 Å². The zero-order valence-corrected chi connectivity index (χ0v) is 10.4. The quantitative estimate of drug-likeness (QED) is 0.772. The number of rotatable bonds is 2. The maximum absolute atomic E-state index is 8.86. The third kappa shape index (κ3) is 2.56. The van der Waals surface area contributed by atoms with Crippen molar-refractivity contribution in [3.8, 4) is 6.07 Å². The lowest BCUT2D eigenvalue weighted by atomic mass is 10.1. The zero-order chi connectivity index (χ0) is 12.3. The normalized spacial score (nSPS) is 21.2. The second kappa shape index (κ2) is 5.15. The number of aromatic nitrogens is 1. The van der Waals surface area contributed by atoms with Gasteiger partial charge >= 0.3 is 0 Å². The highest BCUT2D eigenvalue weighted by Gasteiger charge is 2.23. The van der Waals surface area contributed by atoms with E-state index in [0.29, 0.717) is 11.7 Å². The minimum absolute atomic E-state index is 0.495. The molecule has 1 aromatic rings. The van der Waals surface area contributed by atoms with Gasteiger partial charge in [-0.3, -0.25) is 4.90 Å². The summed E-state index contributed by atoms with van der Waals surface area (Å²) in [5.74, 6) is 0. The zero-order valence-electron chi connectivity index (χ0n) is 10.4. The Bertz CT molecular complexity index is 424. The Hall–Kier alpha value is -1.60. The number of piperazine rings is 1. The number of hydrogen-bond donors (Lipinski definition) is 0. The van der Waals surface area contributed by atoms with E-state index in [2.05, 4.69) is 34.8 Å². The van der Waals surface area contributed by atoms with Crippen LogP contribution >= 0.6 is 0 Å². The molecule has 0 saturated carbocycles. The van der Waals surface area contributed by atoms with Crippen LogP contribution in [-0.2, 0) is 0 Å². The third-order valence-corrected chi connectivity index (χ3v) is 3.47. The second-order valence-corrected chi connectivity index (χ2v) is 4.50.